The van der Waals surface area contributed by atoms with Crippen LogP contribution in [0, 0.1) is 12.3 Å². The lowest BCUT2D eigenvalue weighted by Gasteiger charge is -2.16. The number of aliphatic hydroxyl groups excluding tert-OH is 2. The van der Waals surface area contributed by atoms with Crippen LogP contribution in [-0.2, 0) is 19.2 Å². The lowest BCUT2D eigenvalue weighted by atomic mass is 10.1. The number of benzene rings is 1. The highest BCUT2D eigenvalue weighted by Gasteiger charge is 2.45. The molecule has 1 fully saturated rings. The Balaban J connectivity index is 1.59. The van der Waals surface area contributed by atoms with Gasteiger partial charge in [-0.25, -0.2) is 20.1 Å². The summed E-state index contributed by atoms with van der Waals surface area (Å²) in [5.41, 5.74) is 2.16. The number of terminal acetylenes is 1. The number of aromatic nitrogens is 4. The van der Waals surface area contributed by atoms with E-state index in [9.17, 15) is 18.6 Å². The molecule has 0 spiro atoms. The third-order valence-electron chi connectivity index (χ3n) is 4.68. The molecule has 0 bridgehead atoms. The molecule has 1 saturated heterocycles. The fourth-order valence-electron chi connectivity index (χ4n) is 3.17. The van der Waals surface area contributed by atoms with Gasteiger partial charge in [-0.2, -0.15) is 8.42 Å². The Morgan fingerprint density at radius 1 is 1.23 bits per heavy atom. The van der Waals surface area contributed by atoms with Gasteiger partial charge < -0.3 is 20.3 Å². The molecule has 13 heteroatoms. The number of fused-ring (bicyclic) bond motifs is 1. The van der Waals surface area contributed by atoms with Crippen LogP contribution in [0.5, 0.6) is 0 Å². The zero-order valence-corrected chi connectivity index (χ0v) is 16.7. The van der Waals surface area contributed by atoms with Gasteiger partial charge in [-0.3, -0.25) is 8.75 Å². The summed E-state index contributed by atoms with van der Waals surface area (Å²) in [7, 11) is -4.23. The van der Waals surface area contributed by atoms with E-state index in [4.69, 9.17) is 16.3 Å². The molecule has 0 amide bonds. The zero-order chi connectivity index (χ0) is 22.2. The number of nitrogens with one attached hydrogen (secondary N) is 1. The Hall–Kier alpha value is -3.12. The minimum atomic E-state index is -4.23. The Morgan fingerprint density at radius 2 is 1.97 bits per heavy atom. The molecule has 12 nitrogen and oxygen atoms in total. The molecule has 162 valence electrons. The highest BCUT2D eigenvalue weighted by molar-refractivity contribution is 7.84. The quantitative estimate of drug-likeness (QED) is 0.358. The number of anilines is 2. The van der Waals surface area contributed by atoms with Crippen molar-refractivity contribution >= 4 is 33.0 Å². The van der Waals surface area contributed by atoms with E-state index < -0.39 is 41.5 Å². The molecular formula is C18H18N6O6S. The Bertz CT molecular complexity index is 1240. The van der Waals surface area contributed by atoms with Crippen molar-refractivity contribution in [1.29, 1.82) is 0 Å². The number of imidazole rings is 1. The van der Waals surface area contributed by atoms with E-state index in [1.807, 2.05) is 0 Å². The number of ether oxygens (including phenoxy) is 1. The average molecular weight is 446 g/mol. The van der Waals surface area contributed by atoms with Gasteiger partial charge in [-0.1, -0.05) is 5.92 Å². The number of hydrogen-bond donors (Lipinski definition) is 4. The molecule has 1 aliphatic heterocycles. The number of nitrogens with zero attached hydrogens (tertiary/aromatic N) is 4. The fraction of sp³-hybridized carbons (Fsp3) is 0.278. The van der Waals surface area contributed by atoms with E-state index in [1.165, 1.54) is 17.2 Å². The molecule has 0 radical (unpaired) electrons. The normalized spacial score (nSPS) is 23.7. The van der Waals surface area contributed by atoms with E-state index >= 15 is 0 Å². The van der Waals surface area contributed by atoms with Crippen LogP contribution in [0.25, 0.3) is 11.2 Å². The standard InChI is InChI=1S/C18H18N6O6S/c1-2-10-3-5-11(6-4-10)23-16-13-17(21-8-20-16)24(9-22-13)18-15(26)14(25)12(30-18)7-29-31(19,27)28/h1,3-6,8-9,12,14-15,18,25-26H,7H2,(H2,19,27,28)(H,20,21,23)/t12-,14-,15-,18-/m0/s1. The SMILES string of the molecule is C#Cc1ccc(Nc2ncnc3c2ncn3[C@H]2O[C@@H](COS(N)(=O)=O)[C@H](O)[C@@H]2O)cc1. The largest absolute Gasteiger partial charge is 0.387 e. The maximum absolute atomic E-state index is 11.0. The number of hydrogen-bond acceptors (Lipinski definition) is 10. The lowest BCUT2D eigenvalue weighted by molar-refractivity contribution is -0.0467. The van der Waals surface area contributed by atoms with Crippen molar-refractivity contribution in [2.45, 2.75) is 24.5 Å². The monoisotopic (exact) mass is 446 g/mol. The Labute approximate surface area is 176 Å². The van der Waals surface area contributed by atoms with Gasteiger partial charge in [0.2, 0.25) is 0 Å². The van der Waals surface area contributed by atoms with Crippen LogP contribution in [-0.4, -0.2) is 63.1 Å². The molecule has 31 heavy (non-hydrogen) atoms. The predicted octanol–water partition coefficient (Wildman–Crippen LogP) is -0.609. The number of aliphatic hydroxyl groups is 2. The first-order valence-corrected chi connectivity index (χ1v) is 10.4. The van der Waals surface area contributed by atoms with Crippen LogP contribution >= 0.6 is 0 Å². The van der Waals surface area contributed by atoms with Gasteiger partial charge in [0.15, 0.2) is 23.2 Å². The van der Waals surface area contributed by atoms with Crippen molar-refractivity contribution < 1.29 is 27.6 Å². The predicted molar refractivity (Wildman–Crippen MR) is 108 cm³/mol. The molecular weight excluding hydrogens is 428 g/mol. The highest BCUT2D eigenvalue weighted by atomic mass is 32.2. The lowest BCUT2D eigenvalue weighted by Crippen LogP contribution is -2.35. The van der Waals surface area contributed by atoms with Gasteiger partial charge in [0.05, 0.1) is 12.9 Å². The van der Waals surface area contributed by atoms with Crippen molar-refractivity contribution in [3.63, 3.8) is 0 Å². The van der Waals surface area contributed by atoms with Crippen LogP contribution < -0.4 is 10.5 Å². The van der Waals surface area contributed by atoms with Gasteiger partial charge in [0, 0.05) is 11.3 Å². The smallest absolute Gasteiger partial charge is 0.333 e. The highest BCUT2D eigenvalue weighted by Crippen LogP contribution is 2.33. The molecule has 4 atom stereocenters. The van der Waals surface area contributed by atoms with Crippen LogP contribution in [0.3, 0.4) is 0 Å². The molecule has 3 aromatic rings. The summed E-state index contributed by atoms with van der Waals surface area (Å²) in [6, 6.07) is 7.12. The van der Waals surface area contributed by atoms with E-state index in [-0.39, 0.29) is 0 Å². The third-order valence-corrected chi connectivity index (χ3v) is 5.15. The summed E-state index contributed by atoms with van der Waals surface area (Å²) in [5.74, 6) is 2.94. The van der Waals surface area contributed by atoms with Crippen molar-refractivity contribution in [3.05, 3.63) is 42.5 Å². The van der Waals surface area contributed by atoms with Gasteiger partial charge in [0.25, 0.3) is 0 Å². The molecule has 1 aromatic carbocycles. The van der Waals surface area contributed by atoms with Crippen LogP contribution in [0.1, 0.15) is 11.8 Å². The van der Waals surface area contributed by atoms with E-state index in [0.717, 1.165) is 11.3 Å². The minimum absolute atomic E-state index is 0.321. The number of nitrogens with two attached hydrogens (primary N) is 1. The van der Waals surface area contributed by atoms with E-state index in [0.29, 0.717) is 17.0 Å². The number of rotatable bonds is 6. The van der Waals surface area contributed by atoms with Gasteiger partial charge in [0.1, 0.15) is 24.6 Å². The maximum atomic E-state index is 11.0. The zero-order valence-electron chi connectivity index (χ0n) is 15.9. The minimum Gasteiger partial charge on any atom is -0.387 e. The average Bonchev–Trinajstić information content (AvgIpc) is 3.29. The topological polar surface area (TPSA) is 175 Å². The van der Waals surface area contributed by atoms with E-state index in [2.05, 4.69) is 30.4 Å². The second-order valence-corrected chi connectivity index (χ2v) is 7.94. The molecule has 0 aliphatic carbocycles. The van der Waals surface area contributed by atoms with Crippen LogP contribution in [0.15, 0.2) is 36.9 Å². The summed E-state index contributed by atoms with van der Waals surface area (Å²) in [6.07, 6.45) is 3.00. The Morgan fingerprint density at radius 3 is 2.65 bits per heavy atom. The van der Waals surface area contributed by atoms with Crippen molar-refractivity contribution in [1.82, 2.24) is 19.5 Å². The molecule has 0 unspecified atom stereocenters. The van der Waals surface area contributed by atoms with E-state index in [1.54, 1.807) is 24.3 Å². The molecule has 4 rings (SSSR count). The maximum Gasteiger partial charge on any atom is 0.333 e. The first-order chi connectivity index (χ1) is 14.8. The first kappa shape index (κ1) is 21.1. The molecule has 2 aromatic heterocycles. The second-order valence-electron chi connectivity index (χ2n) is 6.72. The van der Waals surface area contributed by atoms with Crippen molar-refractivity contribution in [2.75, 3.05) is 11.9 Å². The summed E-state index contributed by atoms with van der Waals surface area (Å²) in [6.45, 7) is -0.560. The second kappa shape index (κ2) is 8.19. The summed E-state index contributed by atoms with van der Waals surface area (Å²) >= 11 is 0. The third kappa shape index (κ3) is 4.35. The Kier molecular flexibility index (Phi) is 5.58. The summed E-state index contributed by atoms with van der Waals surface area (Å²) in [5, 5.41) is 28.5. The van der Waals surface area contributed by atoms with Crippen LogP contribution in [0.4, 0.5) is 11.5 Å². The molecule has 3 heterocycles. The first-order valence-electron chi connectivity index (χ1n) is 8.97. The van der Waals surface area contributed by atoms with Gasteiger partial charge in [-0.05, 0) is 24.3 Å². The molecule has 1 aliphatic rings. The van der Waals surface area contributed by atoms with Gasteiger partial charge in [-0.15, -0.1) is 6.42 Å². The van der Waals surface area contributed by atoms with Crippen molar-refractivity contribution in [2.24, 2.45) is 5.14 Å². The molecule has 5 N–H and O–H groups in total. The molecule has 0 saturated carbocycles. The van der Waals surface area contributed by atoms with Crippen LogP contribution in [0.2, 0.25) is 0 Å². The van der Waals surface area contributed by atoms with Crippen molar-refractivity contribution in [3.8, 4) is 12.3 Å². The van der Waals surface area contributed by atoms with Gasteiger partial charge >= 0.3 is 10.3 Å². The fourth-order valence-corrected chi connectivity index (χ4v) is 3.50. The summed E-state index contributed by atoms with van der Waals surface area (Å²) in [4.78, 5) is 12.7. The summed E-state index contributed by atoms with van der Waals surface area (Å²) < 4.78 is 33.5.